The Kier molecular flexibility index (Phi) is 7.33. The molecule has 12 aromatic rings. The van der Waals surface area contributed by atoms with E-state index in [1.54, 1.807) is 0 Å². The summed E-state index contributed by atoms with van der Waals surface area (Å²) in [6.07, 6.45) is 0. The molecule has 0 saturated carbocycles. The van der Waals surface area contributed by atoms with Crippen LogP contribution in [0.15, 0.2) is 188 Å². The SMILES string of the molecule is c1ccc(-c2nc(-c3ccc4c(c3)c3ccccc3n4-c3ccccc3)nc(-c3cccc4c3sc3c4ccc4c(-c5ccccc5)nc5ccccc5c43)n2)cc1. The molecule has 0 unspecified atom stereocenters. The topological polar surface area (TPSA) is 56.5 Å². The van der Waals surface area contributed by atoms with Crippen molar-refractivity contribution in [1.82, 2.24) is 24.5 Å². The van der Waals surface area contributed by atoms with Crippen LogP contribution in [0.25, 0.3) is 115 Å². The quantitative estimate of drug-likeness (QED) is 0.164. The lowest BCUT2D eigenvalue weighted by Crippen LogP contribution is -2.00. The molecule has 0 N–H and O–H groups in total. The maximum Gasteiger partial charge on any atom is 0.165 e. The molecule has 0 aliphatic carbocycles. The van der Waals surface area contributed by atoms with Gasteiger partial charge < -0.3 is 4.57 Å². The molecule has 0 amide bonds. The third-order valence-electron chi connectivity index (χ3n) is 11.2. The van der Waals surface area contributed by atoms with Crippen molar-refractivity contribution in [3.63, 3.8) is 0 Å². The summed E-state index contributed by atoms with van der Waals surface area (Å²) in [5, 5.41) is 8.23. The molecule has 5 nitrogen and oxygen atoms in total. The van der Waals surface area contributed by atoms with E-state index in [1.165, 1.54) is 26.2 Å². The van der Waals surface area contributed by atoms with Gasteiger partial charge in [0.05, 0.1) is 22.2 Å². The Morgan fingerprint density at radius 1 is 0.362 bits per heavy atom. The van der Waals surface area contributed by atoms with Crippen molar-refractivity contribution in [2.45, 2.75) is 0 Å². The molecule has 12 rings (SSSR count). The number of aromatic nitrogens is 5. The van der Waals surface area contributed by atoms with Gasteiger partial charge in [-0.2, -0.15) is 0 Å². The molecule has 0 saturated heterocycles. The van der Waals surface area contributed by atoms with Gasteiger partial charge in [-0.25, -0.2) is 19.9 Å². The van der Waals surface area contributed by atoms with E-state index in [2.05, 4.69) is 174 Å². The lowest BCUT2D eigenvalue weighted by atomic mass is 9.98. The number of nitrogens with zero attached hydrogens (tertiary/aromatic N) is 5. The molecule has 270 valence electrons. The highest BCUT2D eigenvalue weighted by Crippen LogP contribution is 2.46. The van der Waals surface area contributed by atoms with E-state index in [0.717, 1.165) is 71.0 Å². The van der Waals surface area contributed by atoms with Crippen molar-refractivity contribution in [1.29, 1.82) is 0 Å². The molecule has 0 fully saturated rings. The smallest absolute Gasteiger partial charge is 0.165 e. The van der Waals surface area contributed by atoms with Crippen LogP contribution >= 0.6 is 11.3 Å². The predicted octanol–water partition coefficient (Wildman–Crippen LogP) is 13.7. The minimum absolute atomic E-state index is 0.635. The molecule has 0 aliphatic rings. The molecule has 0 atom stereocenters. The monoisotopic (exact) mass is 757 g/mol. The Morgan fingerprint density at radius 2 is 0.966 bits per heavy atom. The summed E-state index contributed by atoms with van der Waals surface area (Å²) >= 11 is 1.81. The number of hydrogen-bond donors (Lipinski definition) is 0. The second-order valence-corrected chi connectivity index (χ2v) is 15.6. The summed E-state index contributed by atoms with van der Waals surface area (Å²) in [4.78, 5) is 20.9. The first kappa shape index (κ1) is 32.7. The average molecular weight is 758 g/mol. The van der Waals surface area contributed by atoms with Crippen LogP contribution in [-0.4, -0.2) is 24.5 Å². The fraction of sp³-hybridized carbons (Fsp3) is 0. The number of thiophene rings is 1. The van der Waals surface area contributed by atoms with Crippen LogP contribution < -0.4 is 0 Å². The van der Waals surface area contributed by atoms with Crippen LogP contribution in [0.5, 0.6) is 0 Å². The molecule has 0 bridgehead atoms. The highest BCUT2D eigenvalue weighted by Gasteiger charge is 2.21. The van der Waals surface area contributed by atoms with Gasteiger partial charge in [-0.05, 0) is 48.5 Å². The van der Waals surface area contributed by atoms with Gasteiger partial charge in [0.1, 0.15) is 0 Å². The lowest BCUT2D eigenvalue weighted by molar-refractivity contribution is 1.08. The molecular formula is C52H31N5S. The largest absolute Gasteiger partial charge is 0.309 e. The van der Waals surface area contributed by atoms with Gasteiger partial charge in [0.15, 0.2) is 17.5 Å². The van der Waals surface area contributed by atoms with Gasteiger partial charge in [0.2, 0.25) is 0 Å². The number of hydrogen-bond acceptors (Lipinski definition) is 5. The minimum atomic E-state index is 0.635. The van der Waals surface area contributed by atoms with Crippen molar-refractivity contribution < 1.29 is 0 Å². The number of fused-ring (bicyclic) bond motifs is 10. The summed E-state index contributed by atoms with van der Waals surface area (Å²) in [7, 11) is 0. The zero-order valence-corrected chi connectivity index (χ0v) is 31.9. The molecule has 58 heavy (non-hydrogen) atoms. The van der Waals surface area contributed by atoms with Crippen molar-refractivity contribution in [3.05, 3.63) is 188 Å². The molecule has 8 aromatic carbocycles. The van der Waals surface area contributed by atoms with E-state index < -0.39 is 0 Å². The predicted molar refractivity (Wildman–Crippen MR) is 242 cm³/mol. The van der Waals surface area contributed by atoms with E-state index in [4.69, 9.17) is 19.9 Å². The summed E-state index contributed by atoms with van der Waals surface area (Å²) in [6.45, 7) is 0. The first-order chi connectivity index (χ1) is 28.8. The first-order valence-corrected chi connectivity index (χ1v) is 20.2. The van der Waals surface area contributed by atoms with E-state index in [-0.39, 0.29) is 0 Å². The van der Waals surface area contributed by atoms with Crippen LogP contribution in [0.4, 0.5) is 0 Å². The fourth-order valence-corrected chi connectivity index (χ4v) is 9.96. The average Bonchev–Trinajstić information content (AvgIpc) is 3.85. The molecule has 6 heteroatoms. The number of rotatable bonds is 5. The molecule has 0 spiro atoms. The number of para-hydroxylation sites is 3. The minimum Gasteiger partial charge on any atom is -0.309 e. The van der Waals surface area contributed by atoms with Crippen LogP contribution in [0.1, 0.15) is 0 Å². The van der Waals surface area contributed by atoms with Crippen molar-refractivity contribution in [2.24, 2.45) is 0 Å². The van der Waals surface area contributed by atoms with E-state index in [0.29, 0.717) is 17.5 Å². The van der Waals surface area contributed by atoms with Gasteiger partial charge in [-0.1, -0.05) is 140 Å². The third kappa shape index (κ3) is 5.09. The zero-order chi connectivity index (χ0) is 38.2. The Bertz CT molecular complexity index is 3560. The summed E-state index contributed by atoms with van der Waals surface area (Å²) in [5.74, 6) is 1.92. The Hall–Kier alpha value is -7.54. The van der Waals surface area contributed by atoms with Crippen molar-refractivity contribution in [2.75, 3.05) is 0 Å². The van der Waals surface area contributed by atoms with E-state index in [1.807, 2.05) is 29.5 Å². The molecule has 4 aromatic heterocycles. The lowest BCUT2D eigenvalue weighted by Gasteiger charge is -2.11. The Balaban J connectivity index is 1.10. The molecular weight excluding hydrogens is 727 g/mol. The van der Waals surface area contributed by atoms with Crippen LogP contribution in [0.2, 0.25) is 0 Å². The fourth-order valence-electron chi connectivity index (χ4n) is 8.59. The summed E-state index contributed by atoms with van der Waals surface area (Å²) < 4.78 is 4.70. The maximum atomic E-state index is 5.31. The van der Waals surface area contributed by atoms with Crippen molar-refractivity contribution in [3.8, 4) is 51.1 Å². The van der Waals surface area contributed by atoms with Gasteiger partial charge in [-0.15, -0.1) is 11.3 Å². The van der Waals surface area contributed by atoms with E-state index >= 15 is 0 Å². The normalized spacial score (nSPS) is 11.8. The van der Waals surface area contributed by atoms with Gasteiger partial charge in [0.25, 0.3) is 0 Å². The Morgan fingerprint density at radius 3 is 1.78 bits per heavy atom. The second kappa shape index (κ2) is 13.0. The van der Waals surface area contributed by atoms with Crippen LogP contribution in [0, 0.1) is 0 Å². The summed E-state index contributed by atoms with van der Waals surface area (Å²) in [6, 6.07) is 65.9. The molecule has 0 aliphatic heterocycles. The summed E-state index contributed by atoms with van der Waals surface area (Å²) in [5.41, 5.74) is 9.36. The first-order valence-electron chi connectivity index (χ1n) is 19.4. The van der Waals surface area contributed by atoms with Gasteiger partial charge >= 0.3 is 0 Å². The standard InChI is InChI=1S/C52H31N5S/c1-4-15-32(16-5-1)47-40-29-28-38-37-23-14-24-41(48(37)58-49(38)46(40)39-22-10-12-25-43(39)53-47)52-55-50(33-17-6-2-7-18-33)54-51(56-52)34-27-30-45-42(31-34)36-21-11-13-26-44(36)57(45)35-19-8-3-9-20-35/h1-31H. The Labute approximate surface area is 337 Å². The van der Waals surface area contributed by atoms with E-state index in [9.17, 15) is 0 Å². The number of pyridine rings is 1. The van der Waals surface area contributed by atoms with Crippen molar-refractivity contribution >= 4 is 75.0 Å². The highest BCUT2D eigenvalue weighted by molar-refractivity contribution is 7.27. The maximum absolute atomic E-state index is 5.31. The highest BCUT2D eigenvalue weighted by atomic mass is 32.1. The van der Waals surface area contributed by atoms with Crippen LogP contribution in [0.3, 0.4) is 0 Å². The second-order valence-electron chi connectivity index (χ2n) is 14.6. The molecule has 0 radical (unpaired) electrons. The molecule has 4 heterocycles. The number of benzene rings is 8. The van der Waals surface area contributed by atoms with Gasteiger partial charge in [0, 0.05) is 75.0 Å². The zero-order valence-electron chi connectivity index (χ0n) is 31.0. The third-order valence-corrected chi connectivity index (χ3v) is 12.5. The van der Waals surface area contributed by atoms with Gasteiger partial charge in [-0.3, -0.25) is 0 Å². The van der Waals surface area contributed by atoms with Crippen LogP contribution in [-0.2, 0) is 0 Å².